The number of carboxylic acids is 1. The van der Waals surface area contributed by atoms with E-state index < -0.39 is 47.9 Å². The average Bonchev–Trinajstić information content (AvgIpc) is 3.00. The first-order valence-corrected chi connectivity index (χ1v) is 19.5. The van der Waals surface area contributed by atoms with Crippen LogP contribution >= 0.6 is 23.5 Å². The van der Waals surface area contributed by atoms with E-state index in [1.165, 1.54) is 47.2 Å². The molecular formula is C36H62N4O6S2. The van der Waals surface area contributed by atoms with Gasteiger partial charge in [-0.1, -0.05) is 69.1 Å². The summed E-state index contributed by atoms with van der Waals surface area (Å²) >= 11 is 2.99. The van der Waals surface area contributed by atoms with Gasteiger partial charge < -0.3 is 26.4 Å². The number of carbonyl (C=O) groups is 5. The van der Waals surface area contributed by atoms with E-state index in [9.17, 15) is 29.1 Å². The van der Waals surface area contributed by atoms with Crippen molar-refractivity contribution in [1.82, 2.24) is 21.3 Å². The van der Waals surface area contributed by atoms with Gasteiger partial charge in [0.05, 0.1) is 0 Å². The molecule has 0 fully saturated rings. The second-order valence-electron chi connectivity index (χ2n) is 13.0. The molecule has 48 heavy (non-hydrogen) atoms. The normalized spacial score (nSPS) is 15.1. The predicted octanol–water partition coefficient (Wildman–Crippen LogP) is 5.64. The van der Waals surface area contributed by atoms with E-state index in [0.29, 0.717) is 23.7 Å². The van der Waals surface area contributed by atoms with Gasteiger partial charge in [-0.2, -0.15) is 23.5 Å². The highest BCUT2D eigenvalue weighted by Crippen LogP contribution is 2.15. The van der Waals surface area contributed by atoms with E-state index in [4.69, 9.17) is 0 Å². The molecule has 0 aliphatic heterocycles. The molecule has 0 spiro atoms. The largest absolute Gasteiger partial charge is 0.480 e. The Morgan fingerprint density at radius 3 is 1.81 bits per heavy atom. The van der Waals surface area contributed by atoms with Gasteiger partial charge in [-0.15, -0.1) is 0 Å². The third-order valence-electron chi connectivity index (χ3n) is 7.92. The molecule has 12 heteroatoms. The number of hydrogen-bond acceptors (Lipinski definition) is 7. The zero-order valence-corrected chi connectivity index (χ0v) is 32.5. The number of carboxylic acid groups (broad SMARTS) is 1. The maximum absolute atomic E-state index is 13.5. The van der Waals surface area contributed by atoms with Crippen molar-refractivity contribution in [1.29, 1.82) is 0 Å². The van der Waals surface area contributed by atoms with E-state index in [0.717, 1.165) is 25.7 Å². The topological polar surface area (TPSA) is 154 Å². The van der Waals surface area contributed by atoms with Crippen molar-refractivity contribution in [3.05, 3.63) is 34.9 Å². The van der Waals surface area contributed by atoms with Gasteiger partial charge >= 0.3 is 5.97 Å². The smallest absolute Gasteiger partial charge is 0.326 e. The van der Waals surface area contributed by atoms with Crippen LogP contribution in [0.25, 0.3) is 0 Å². The van der Waals surface area contributed by atoms with Crippen molar-refractivity contribution < 1.29 is 29.1 Å². The Balaban J connectivity index is 5.42. The molecule has 0 rings (SSSR count). The van der Waals surface area contributed by atoms with Crippen molar-refractivity contribution >= 4 is 53.1 Å². The monoisotopic (exact) mass is 710 g/mol. The standard InChI is InChI=1S/C36H62N4O6S2/c1-11-27(8)32(35(44)38-29(36(45)46)19-20-47-10)40-34(43)31(24(4)5)39-33(42)30(37-28(9)41)22-48-21-18-26(7)17-13-16-25(6)15-12-14-23(2)3/h14,16,18,24,27,29-32H,11-13,15,17,19-22H2,1-10H3,(H,37,41)(H,38,44)(H,39,42)(H,40,43)(H,45,46)/b25-16+,26-18+/t27-,29+,30-,31+,32-/m0/s1. The molecule has 0 unspecified atom stereocenters. The molecule has 5 N–H and O–H groups in total. The van der Waals surface area contributed by atoms with Crippen molar-refractivity contribution in [2.24, 2.45) is 11.8 Å². The number of carbonyl (C=O) groups excluding carboxylic acids is 4. The summed E-state index contributed by atoms with van der Waals surface area (Å²) in [6.45, 7) is 17.1. The van der Waals surface area contributed by atoms with E-state index in [1.807, 2.05) is 13.2 Å². The first kappa shape index (κ1) is 45.3. The van der Waals surface area contributed by atoms with Crippen LogP contribution in [0.2, 0.25) is 0 Å². The molecule has 0 radical (unpaired) electrons. The highest BCUT2D eigenvalue weighted by molar-refractivity contribution is 7.99. The maximum Gasteiger partial charge on any atom is 0.326 e. The second kappa shape index (κ2) is 25.3. The van der Waals surface area contributed by atoms with Gasteiger partial charge in [0, 0.05) is 18.4 Å². The second-order valence-corrected chi connectivity index (χ2v) is 15.1. The zero-order chi connectivity index (χ0) is 36.8. The highest BCUT2D eigenvalue weighted by atomic mass is 32.2. The van der Waals surface area contributed by atoms with Crippen LogP contribution in [0.5, 0.6) is 0 Å². The fourth-order valence-corrected chi connectivity index (χ4v) is 6.12. The van der Waals surface area contributed by atoms with E-state index in [-0.39, 0.29) is 24.2 Å². The molecule has 0 saturated heterocycles. The van der Waals surface area contributed by atoms with E-state index in [2.05, 4.69) is 67.2 Å². The zero-order valence-electron chi connectivity index (χ0n) is 30.9. The SMILES string of the molecule is CC[C@H](C)[C@H](NC(=O)[C@H](NC(=O)[C@H](CSC/C=C(\C)CC/C=C(\C)CCC=C(C)C)NC(C)=O)C(C)C)C(=O)N[C@H](CCSC)C(=O)O. The number of nitrogens with one attached hydrogen (secondary N) is 4. The van der Waals surface area contributed by atoms with Crippen LogP contribution < -0.4 is 21.3 Å². The molecule has 5 atom stereocenters. The summed E-state index contributed by atoms with van der Waals surface area (Å²) in [7, 11) is 0. The van der Waals surface area contributed by atoms with Gasteiger partial charge in [-0.3, -0.25) is 19.2 Å². The Kier molecular flexibility index (Phi) is 23.8. The first-order valence-electron chi connectivity index (χ1n) is 17.0. The van der Waals surface area contributed by atoms with Gasteiger partial charge in [0.2, 0.25) is 23.6 Å². The summed E-state index contributed by atoms with van der Waals surface area (Å²) in [5.74, 6) is -2.20. The lowest BCUT2D eigenvalue weighted by molar-refractivity contribution is -0.142. The number of rotatable bonds is 24. The fraction of sp³-hybridized carbons (Fsp3) is 0.694. The molecular weight excluding hydrogens is 649 g/mol. The third-order valence-corrected chi connectivity index (χ3v) is 9.53. The molecule has 4 amide bonds. The minimum absolute atomic E-state index is 0.250. The molecule has 0 aromatic carbocycles. The lowest BCUT2D eigenvalue weighted by atomic mass is 9.96. The number of hydrogen-bond donors (Lipinski definition) is 5. The molecule has 0 aromatic rings. The van der Waals surface area contributed by atoms with Crippen LogP contribution in [0.1, 0.15) is 101 Å². The van der Waals surface area contributed by atoms with E-state index >= 15 is 0 Å². The Labute approximate surface area is 297 Å². The summed E-state index contributed by atoms with van der Waals surface area (Å²) in [5, 5.41) is 20.4. The Morgan fingerprint density at radius 1 is 0.729 bits per heavy atom. The van der Waals surface area contributed by atoms with Gasteiger partial charge in [0.15, 0.2) is 0 Å². The van der Waals surface area contributed by atoms with Gasteiger partial charge in [-0.25, -0.2) is 4.79 Å². The predicted molar refractivity (Wildman–Crippen MR) is 201 cm³/mol. The fourth-order valence-electron chi connectivity index (χ4n) is 4.64. The van der Waals surface area contributed by atoms with Crippen molar-refractivity contribution in [2.45, 2.75) is 125 Å². The molecule has 274 valence electrons. The molecule has 0 aliphatic carbocycles. The van der Waals surface area contributed by atoms with Crippen molar-refractivity contribution in [3.63, 3.8) is 0 Å². The molecule has 0 heterocycles. The van der Waals surface area contributed by atoms with Crippen LogP contribution in [0.15, 0.2) is 34.9 Å². The average molecular weight is 711 g/mol. The Morgan fingerprint density at radius 2 is 1.29 bits per heavy atom. The molecule has 0 saturated carbocycles. The van der Waals surface area contributed by atoms with Crippen molar-refractivity contribution in [2.75, 3.05) is 23.5 Å². The quantitative estimate of drug-likeness (QED) is 0.0638. The van der Waals surface area contributed by atoms with Gasteiger partial charge in [0.1, 0.15) is 24.2 Å². The number of aliphatic carboxylic acids is 1. The third kappa shape index (κ3) is 19.9. The highest BCUT2D eigenvalue weighted by Gasteiger charge is 2.34. The first-order chi connectivity index (χ1) is 22.5. The Bertz CT molecular complexity index is 1130. The van der Waals surface area contributed by atoms with Crippen LogP contribution in [0.3, 0.4) is 0 Å². The molecule has 0 aromatic heterocycles. The number of amides is 4. The van der Waals surface area contributed by atoms with Crippen LogP contribution in [0, 0.1) is 11.8 Å². The summed E-state index contributed by atoms with van der Waals surface area (Å²) in [6, 6.07) is -3.91. The van der Waals surface area contributed by atoms with Crippen LogP contribution in [0.4, 0.5) is 0 Å². The van der Waals surface area contributed by atoms with Gasteiger partial charge in [-0.05, 0) is 83.6 Å². The lowest BCUT2D eigenvalue weighted by Crippen LogP contribution is -2.60. The number of allylic oxidation sites excluding steroid dienone is 5. The van der Waals surface area contributed by atoms with Crippen LogP contribution in [-0.2, 0) is 24.0 Å². The Hall–Kier alpha value is -2.73. The lowest BCUT2D eigenvalue weighted by Gasteiger charge is -2.29. The number of thioether (sulfide) groups is 2. The summed E-state index contributed by atoms with van der Waals surface area (Å²) in [4.78, 5) is 63.8. The summed E-state index contributed by atoms with van der Waals surface area (Å²) in [6.07, 6.45) is 13.4. The van der Waals surface area contributed by atoms with Gasteiger partial charge in [0.25, 0.3) is 0 Å². The molecule has 10 nitrogen and oxygen atoms in total. The minimum atomic E-state index is -1.14. The van der Waals surface area contributed by atoms with Crippen molar-refractivity contribution in [3.8, 4) is 0 Å². The maximum atomic E-state index is 13.5. The molecule has 0 bridgehead atoms. The minimum Gasteiger partial charge on any atom is -0.480 e. The van der Waals surface area contributed by atoms with Crippen LogP contribution in [-0.4, -0.2) is 82.4 Å². The summed E-state index contributed by atoms with van der Waals surface area (Å²) in [5.41, 5.74) is 3.98. The van der Waals surface area contributed by atoms with E-state index in [1.54, 1.807) is 20.8 Å². The molecule has 0 aliphatic rings. The summed E-state index contributed by atoms with van der Waals surface area (Å²) < 4.78 is 0.